The smallest absolute Gasteiger partial charge is 0.168 e. The van der Waals surface area contributed by atoms with Crippen molar-refractivity contribution in [3.05, 3.63) is 63.9 Å². The van der Waals surface area contributed by atoms with Crippen LogP contribution < -0.4 is 4.74 Å². The van der Waals surface area contributed by atoms with Crippen molar-refractivity contribution in [1.29, 1.82) is 0 Å². The van der Waals surface area contributed by atoms with Gasteiger partial charge in [-0.1, -0.05) is 46.3 Å². The van der Waals surface area contributed by atoms with Crippen molar-refractivity contribution in [2.24, 2.45) is 0 Å². The van der Waals surface area contributed by atoms with Crippen molar-refractivity contribution in [1.82, 2.24) is 0 Å². The molecule has 4 heteroatoms. The molecule has 19 heavy (non-hydrogen) atoms. The molecule has 0 bridgehead atoms. The highest BCUT2D eigenvalue weighted by molar-refractivity contribution is 9.10. The van der Waals surface area contributed by atoms with Gasteiger partial charge in [0.25, 0.3) is 0 Å². The molecule has 100 valence electrons. The predicted octanol–water partition coefficient (Wildman–Crippen LogP) is 3.87. The van der Waals surface area contributed by atoms with E-state index in [4.69, 9.17) is 4.74 Å². The SMILES string of the molecule is COc1cccc(CC(O)c2ccccc2Br)c1F. The molecule has 0 fully saturated rings. The van der Waals surface area contributed by atoms with Crippen LogP contribution in [-0.4, -0.2) is 12.2 Å². The molecule has 0 radical (unpaired) electrons. The van der Waals surface area contributed by atoms with E-state index in [1.165, 1.54) is 7.11 Å². The summed E-state index contributed by atoms with van der Waals surface area (Å²) < 4.78 is 19.7. The van der Waals surface area contributed by atoms with Crippen LogP contribution in [0.25, 0.3) is 0 Å². The van der Waals surface area contributed by atoms with Crippen LogP contribution in [0.1, 0.15) is 17.2 Å². The lowest BCUT2D eigenvalue weighted by molar-refractivity contribution is 0.176. The van der Waals surface area contributed by atoms with Crippen LogP contribution in [0.4, 0.5) is 4.39 Å². The number of rotatable bonds is 4. The highest BCUT2D eigenvalue weighted by Crippen LogP contribution is 2.28. The molecule has 2 rings (SSSR count). The van der Waals surface area contributed by atoms with Crippen LogP contribution in [0, 0.1) is 5.82 Å². The Kier molecular flexibility index (Phi) is 4.56. The summed E-state index contributed by atoms with van der Waals surface area (Å²) in [6.45, 7) is 0. The lowest BCUT2D eigenvalue weighted by Crippen LogP contribution is -2.05. The van der Waals surface area contributed by atoms with Crippen LogP contribution >= 0.6 is 15.9 Å². The van der Waals surface area contributed by atoms with E-state index >= 15 is 0 Å². The summed E-state index contributed by atoms with van der Waals surface area (Å²) in [7, 11) is 1.42. The van der Waals surface area contributed by atoms with Gasteiger partial charge >= 0.3 is 0 Å². The molecule has 0 aromatic heterocycles. The van der Waals surface area contributed by atoms with E-state index in [0.29, 0.717) is 5.56 Å². The molecule has 0 heterocycles. The second-order valence-corrected chi connectivity index (χ2v) is 5.03. The van der Waals surface area contributed by atoms with Gasteiger partial charge in [-0.25, -0.2) is 4.39 Å². The largest absolute Gasteiger partial charge is 0.494 e. The highest BCUT2D eigenvalue weighted by Gasteiger charge is 2.15. The first-order valence-corrected chi connectivity index (χ1v) is 6.66. The Labute approximate surface area is 120 Å². The second kappa shape index (κ2) is 6.17. The molecule has 0 saturated heterocycles. The van der Waals surface area contributed by atoms with Crippen LogP contribution in [0.15, 0.2) is 46.9 Å². The molecule has 0 aliphatic carbocycles. The Bertz CT molecular complexity index is 572. The van der Waals surface area contributed by atoms with Gasteiger partial charge in [0, 0.05) is 10.9 Å². The zero-order chi connectivity index (χ0) is 13.8. The number of benzene rings is 2. The number of aliphatic hydroxyl groups is 1. The highest BCUT2D eigenvalue weighted by atomic mass is 79.9. The van der Waals surface area contributed by atoms with Gasteiger partial charge in [0.2, 0.25) is 0 Å². The standard InChI is InChI=1S/C15H14BrFO2/c1-19-14-8-4-5-10(15(14)17)9-13(18)11-6-2-3-7-12(11)16/h2-8,13,18H,9H2,1H3. The Morgan fingerprint density at radius 2 is 1.95 bits per heavy atom. The van der Waals surface area contributed by atoms with Crippen LogP contribution in [0.5, 0.6) is 5.75 Å². The average Bonchev–Trinajstić information content (AvgIpc) is 2.41. The summed E-state index contributed by atoms with van der Waals surface area (Å²) in [6, 6.07) is 12.3. The summed E-state index contributed by atoms with van der Waals surface area (Å²) in [6.07, 6.45) is -0.566. The zero-order valence-electron chi connectivity index (χ0n) is 10.4. The van der Waals surface area contributed by atoms with Crippen molar-refractivity contribution >= 4 is 15.9 Å². The Morgan fingerprint density at radius 3 is 2.63 bits per heavy atom. The van der Waals surface area contributed by atoms with Crippen LogP contribution in [0.2, 0.25) is 0 Å². The molecular formula is C15H14BrFO2. The van der Waals surface area contributed by atoms with Gasteiger partial charge in [0.05, 0.1) is 13.2 Å². The first-order chi connectivity index (χ1) is 9.13. The van der Waals surface area contributed by atoms with Crippen molar-refractivity contribution in [2.75, 3.05) is 7.11 Å². The van der Waals surface area contributed by atoms with E-state index < -0.39 is 11.9 Å². The van der Waals surface area contributed by atoms with Crippen molar-refractivity contribution in [3.63, 3.8) is 0 Å². The Balaban J connectivity index is 2.24. The van der Waals surface area contributed by atoms with Crippen LogP contribution in [-0.2, 0) is 6.42 Å². The maximum Gasteiger partial charge on any atom is 0.168 e. The van der Waals surface area contributed by atoms with Gasteiger partial charge in [-0.05, 0) is 23.3 Å². The molecule has 0 aliphatic rings. The van der Waals surface area contributed by atoms with Gasteiger partial charge in [0.15, 0.2) is 11.6 Å². The fourth-order valence-electron chi connectivity index (χ4n) is 1.94. The van der Waals surface area contributed by atoms with E-state index in [9.17, 15) is 9.50 Å². The number of ether oxygens (including phenoxy) is 1. The Morgan fingerprint density at radius 1 is 1.21 bits per heavy atom. The number of hydrogen-bond donors (Lipinski definition) is 1. The summed E-state index contributed by atoms with van der Waals surface area (Å²) in [5.41, 5.74) is 1.17. The topological polar surface area (TPSA) is 29.5 Å². The summed E-state index contributed by atoms with van der Waals surface area (Å²) in [5.74, 6) is -0.229. The fraction of sp³-hybridized carbons (Fsp3) is 0.200. The zero-order valence-corrected chi connectivity index (χ0v) is 12.0. The third-order valence-electron chi connectivity index (χ3n) is 2.94. The maximum atomic E-state index is 14.0. The van der Waals surface area contributed by atoms with Gasteiger partial charge in [-0.2, -0.15) is 0 Å². The van der Waals surface area contributed by atoms with Gasteiger partial charge in [-0.3, -0.25) is 0 Å². The first-order valence-electron chi connectivity index (χ1n) is 5.87. The minimum absolute atomic E-state index is 0.192. The lowest BCUT2D eigenvalue weighted by atomic mass is 10.0. The number of methoxy groups -OCH3 is 1. The van der Waals surface area contributed by atoms with E-state index in [1.54, 1.807) is 18.2 Å². The van der Waals surface area contributed by atoms with E-state index in [2.05, 4.69) is 15.9 Å². The predicted molar refractivity (Wildman–Crippen MR) is 75.8 cm³/mol. The third kappa shape index (κ3) is 3.14. The maximum absolute atomic E-state index is 14.0. The minimum atomic E-state index is -0.766. The average molecular weight is 325 g/mol. The van der Waals surface area contributed by atoms with Crippen molar-refractivity contribution in [2.45, 2.75) is 12.5 Å². The van der Waals surface area contributed by atoms with Crippen molar-refractivity contribution in [3.8, 4) is 5.75 Å². The molecule has 1 atom stereocenters. The summed E-state index contributed by atoms with van der Waals surface area (Å²) >= 11 is 3.38. The monoisotopic (exact) mass is 324 g/mol. The minimum Gasteiger partial charge on any atom is -0.494 e. The quantitative estimate of drug-likeness (QED) is 0.925. The molecule has 0 amide bonds. The molecular weight excluding hydrogens is 311 g/mol. The second-order valence-electron chi connectivity index (χ2n) is 4.17. The van der Waals surface area contributed by atoms with E-state index in [1.807, 2.05) is 24.3 Å². The number of aliphatic hydroxyl groups excluding tert-OH is 1. The van der Waals surface area contributed by atoms with E-state index in [-0.39, 0.29) is 12.2 Å². The number of hydrogen-bond acceptors (Lipinski definition) is 2. The van der Waals surface area contributed by atoms with Crippen molar-refractivity contribution < 1.29 is 14.2 Å². The summed E-state index contributed by atoms with van der Waals surface area (Å²) in [4.78, 5) is 0. The molecule has 0 saturated carbocycles. The lowest BCUT2D eigenvalue weighted by Gasteiger charge is -2.14. The molecule has 0 aliphatic heterocycles. The molecule has 2 aromatic rings. The summed E-state index contributed by atoms with van der Waals surface area (Å²) in [5, 5.41) is 10.2. The number of halogens is 2. The van der Waals surface area contributed by atoms with Crippen LogP contribution in [0.3, 0.4) is 0 Å². The Hall–Kier alpha value is -1.39. The van der Waals surface area contributed by atoms with Gasteiger partial charge in [0.1, 0.15) is 0 Å². The van der Waals surface area contributed by atoms with Gasteiger partial charge < -0.3 is 9.84 Å². The molecule has 1 unspecified atom stereocenters. The normalized spacial score (nSPS) is 12.2. The van der Waals surface area contributed by atoms with E-state index in [0.717, 1.165) is 10.0 Å². The first kappa shape index (κ1) is 14.0. The molecule has 2 aromatic carbocycles. The molecule has 0 spiro atoms. The molecule has 1 N–H and O–H groups in total. The fourth-order valence-corrected chi connectivity index (χ4v) is 2.48. The van der Waals surface area contributed by atoms with Gasteiger partial charge in [-0.15, -0.1) is 0 Å². The molecule has 2 nitrogen and oxygen atoms in total. The third-order valence-corrected chi connectivity index (χ3v) is 3.66.